The van der Waals surface area contributed by atoms with Crippen LogP contribution in [0.2, 0.25) is 0 Å². The molecule has 0 bridgehead atoms. The summed E-state index contributed by atoms with van der Waals surface area (Å²) >= 11 is 0. The minimum absolute atomic E-state index is 0. The first kappa shape index (κ1) is 20.4. The molecule has 1 atom stereocenters. The Balaban J connectivity index is 0.00000243. The number of halogens is 2. The van der Waals surface area contributed by atoms with E-state index >= 15 is 0 Å². The Morgan fingerprint density at radius 3 is 2.92 bits per heavy atom. The lowest BCUT2D eigenvalue weighted by Gasteiger charge is -2.25. The summed E-state index contributed by atoms with van der Waals surface area (Å²) in [6, 6.07) is 8.55. The van der Waals surface area contributed by atoms with E-state index < -0.39 is 0 Å². The second-order valence-corrected chi connectivity index (χ2v) is 7.26. The molecule has 1 aliphatic rings. The maximum atomic E-state index is 13.4. The zero-order valence-corrected chi connectivity index (χ0v) is 16.0. The SMILES string of the molecule is CC(C)(CNC(=O)c1ccn(C2CCCNC2)n1)c1cccc(F)c1.Cl. The lowest BCUT2D eigenvalue weighted by atomic mass is 9.84. The van der Waals surface area contributed by atoms with E-state index in [2.05, 4.69) is 15.7 Å². The van der Waals surface area contributed by atoms with Crippen LogP contribution in [0.3, 0.4) is 0 Å². The Morgan fingerprint density at radius 1 is 1.42 bits per heavy atom. The minimum atomic E-state index is -0.367. The third-order valence-electron chi connectivity index (χ3n) is 4.78. The molecule has 2 N–H and O–H groups in total. The van der Waals surface area contributed by atoms with Gasteiger partial charge in [-0.05, 0) is 43.1 Å². The lowest BCUT2D eigenvalue weighted by Crippen LogP contribution is -2.37. The van der Waals surface area contributed by atoms with E-state index in [0.29, 0.717) is 18.3 Å². The van der Waals surface area contributed by atoms with Gasteiger partial charge >= 0.3 is 0 Å². The van der Waals surface area contributed by atoms with Crippen molar-refractivity contribution in [2.24, 2.45) is 0 Å². The molecule has 0 spiro atoms. The number of benzene rings is 1. The van der Waals surface area contributed by atoms with Crippen LogP contribution in [0, 0.1) is 5.82 Å². The van der Waals surface area contributed by atoms with Gasteiger partial charge < -0.3 is 10.6 Å². The quantitative estimate of drug-likeness (QED) is 0.838. The number of aromatic nitrogens is 2. The topological polar surface area (TPSA) is 59.0 Å². The van der Waals surface area contributed by atoms with E-state index in [1.807, 2.05) is 30.8 Å². The number of carbonyl (C=O) groups is 1. The van der Waals surface area contributed by atoms with E-state index in [1.165, 1.54) is 12.1 Å². The average molecular weight is 381 g/mol. The smallest absolute Gasteiger partial charge is 0.271 e. The molecule has 0 radical (unpaired) electrons. The molecular weight excluding hydrogens is 355 g/mol. The van der Waals surface area contributed by atoms with E-state index in [1.54, 1.807) is 12.1 Å². The van der Waals surface area contributed by atoms with Gasteiger partial charge in [0.15, 0.2) is 0 Å². The highest BCUT2D eigenvalue weighted by Gasteiger charge is 2.23. The van der Waals surface area contributed by atoms with Crippen LogP contribution in [0.5, 0.6) is 0 Å². The third kappa shape index (κ3) is 4.83. The minimum Gasteiger partial charge on any atom is -0.350 e. The molecule has 1 aliphatic heterocycles. The first-order valence-electron chi connectivity index (χ1n) is 8.76. The molecule has 7 heteroatoms. The molecule has 1 aromatic carbocycles. The highest BCUT2D eigenvalue weighted by atomic mass is 35.5. The van der Waals surface area contributed by atoms with Gasteiger partial charge in [0.1, 0.15) is 11.5 Å². The number of nitrogens with one attached hydrogen (secondary N) is 2. The fraction of sp³-hybridized carbons (Fsp3) is 0.474. The van der Waals surface area contributed by atoms with Crippen molar-refractivity contribution in [2.75, 3.05) is 19.6 Å². The molecule has 3 rings (SSSR count). The first-order chi connectivity index (χ1) is 12.0. The molecule has 1 aromatic heterocycles. The van der Waals surface area contributed by atoms with Crippen LogP contribution in [0.4, 0.5) is 4.39 Å². The number of hydrogen-bond acceptors (Lipinski definition) is 3. The van der Waals surface area contributed by atoms with Crippen LogP contribution < -0.4 is 10.6 Å². The molecule has 142 valence electrons. The van der Waals surface area contributed by atoms with E-state index in [9.17, 15) is 9.18 Å². The molecule has 1 unspecified atom stereocenters. The van der Waals surface area contributed by atoms with Gasteiger partial charge in [0.25, 0.3) is 5.91 Å². The van der Waals surface area contributed by atoms with Crippen LogP contribution in [0.15, 0.2) is 36.5 Å². The fourth-order valence-corrected chi connectivity index (χ4v) is 3.13. The van der Waals surface area contributed by atoms with Gasteiger partial charge in [0.2, 0.25) is 0 Å². The monoisotopic (exact) mass is 380 g/mol. The van der Waals surface area contributed by atoms with Gasteiger partial charge in [-0.3, -0.25) is 9.48 Å². The Bertz CT molecular complexity index is 741. The number of hydrogen-bond donors (Lipinski definition) is 2. The van der Waals surface area contributed by atoms with Crippen molar-refractivity contribution in [1.82, 2.24) is 20.4 Å². The summed E-state index contributed by atoms with van der Waals surface area (Å²) in [6.07, 6.45) is 4.06. The maximum Gasteiger partial charge on any atom is 0.271 e. The number of nitrogens with zero attached hydrogens (tertiary/aromatic N) is 2. The van der Waals surface area contributed by atoms with Gasteiger partial charge in [-0.25, -0.2) is 4.39 Å². The maximum absolute atomic E-state index is 13.4. The largest absolute Gasteiger partial charge is 0.350 e. The van der Waals surface area contributed by atoms with E-state index in [-0.39, 0.29) is 29.5 Å². The van der Waals surface area contributed by atoms with Crippen LogP contribution in [-0.2, 0) is 5.41 Å². The molecular formula is C19H26ClFN4O. The predicted molar refractivity (Wildman–Crippen MR) is 102 cm³/mol. The molecule has 2 heterocycles. The summed E-state index contributed by atoms with van der Waals surface area (Å²) in [7, 11) is 0. The van der Waals surface area contributed by atoms with Gasteiger partial charge in [-0.15, -0.1) is 12.4 Å². The average Bonchev–Trinajstić information content (AvgIpc) is 3.11. The Morgan fingerprint density at radius 2 is 2.23 bits per heavy atom. The summed E-state index contributed by atoms with van der Waals surface area (Å²) < 4.78 is 15.3. The highest BCUT2D eigenvalue weighted by Crippen LogP contribution is 2.23. The Labute approximate surface area is 159 Å². The van der Waals surface area contributed by atoms with E-state index in [0.717, 1.165) is 31.5 Å². The number of rotatable bonds is 5. The van der Waals surface area contributed by atoms with Gasteiger partial charge in [0, 0.05) is 24.7 Å². The van der Waals surface area contributed by atoms with Crippen molar-refractivity contribution in [2.45, 2.75) is 38.1 Å². The van der Waals surface area contributed by atoms with Gasteiger partial charge in [-0.2, -0.15) is 5.10 Å². The molecule has 26 heavy (non-hydrogen) atoms. The summed E-state index contributed by atoms with van der Waals surface area (Å²) in [5.41, 5.74) is 0.903. The fourth-order valence-electron chi connectivity index (χ4n) is 3.13. The van der Waals surface area contributed by atoms with Crippen molar-refractivity contribution in [3.63, 3.8) is 0 Å². The first-order valence-corrected chi connectivity index (χ1v) is 8.76. The third-order valence-corrected chi connectivity index (χ3v) is 4.78. The molecule has 1 fully saturated rings. The molecule has 2 aromatic rings. The van der Waals surface area contributed by atoms with Crippen molar-refractivity contribution in [3.8, 4) is 0 Å². The van der Waals surface area contributed by atoms with Gasteiger partial charge in [-0.1, -0.05) is 26.0 Å². The van der Waals surface area contributed by atoms with E-state index in [4.69, 9.17) is 0 Å². The van der Waals surface area contributed by atoms with Crippen molar-refractivity contribution in [3.05, 3.63) is 53.6 Å². The van der Waals surface area contributed by atoms with Crippen LogP contribution >= 0.6 is 12.4 Å². The lowest BCUT2D eigenvalue weighted by molar-refractivity contribution is 0.0939. The van der Waals surface area contributed by atoms with Crippen LogP contribution in [-0.4, -0.2) is 35.3 Å². The highest BCUT2D eigenvalue weighted by molar-refractivity contribution is 5.92. The second kappa shape index (κ2) is 8.64. The summed E-state index contributed by atoms with van der Waals surface area (Å²) in [5.74, 6) is -0.469. The zero-order chi connectivity index (χ0) is 17.9. The molecule has 1 amide bonds. The zero-order valence-electron chi connectivity index (χ0n) is 15.2. The summed E-state index contributed by atoms with van der Waals surface area (Å²) in [5, 5.41) is 10.7. The Hall–Kier alpha value is -1.92. The predicted octanol–water partition coefficient (Wildman–Crippen LogP) is 3.08. The standard InChI is InChI=1S/C19H25FN4O.ClH/c1-19(2,14-5-3-6-15(20)11-14)13-22-18(25)17-8-10-24(23-17)16-7-4-9-21-12-16;/h3,5-6,8,10-11,16,21H,4,7,9,12-13H2,1-2H3,(H,22,25);1H. The van der Waals surface area contributed by atoms with Crippen LogP contribution in [0.1, 0.15) is 48.8 Å². The van der Waals surface area contributed by atoms with Gasteiger partial charge in [0.05, 0.1) is 6.04 Å². The van der Waals surface area contributed by atoms with Crippen LogP contribution in [0.25, 0.3) is 0 Å². The van der Waals surface area contributed by atoms with Crippen molar-refractivity contribution >= 4 is 18.3 Å². The van der Waals surface area contributed by atoms with Crippen molar-refractivity contribution in [1.29, 1.82) is 0 Å². The number of carbonyl (C=O) groups excluding carboxylic acids is 1. The second-order valence-electron chi connectivity index (χ2n) is 7.26. The summed E-state index contributed by atoms with van der Waals surface area (Å²) in [6.45, 7) is 6.30. The number of amides is 1. The molecule has 5 nitrogen and oxygen atoms in total. The Kier molecular flexibility index (Phi) is 6.78. The summed E-state index contributed by atoms with van der Waals surface area (Å²) in [4.78, 5) is 12.4. The molecule has 0 aliphatic carbocycles. The number of piperidine rings is 1. The molecule has 0 saturated carbocycles. The molecule has 1 saturated heterocycles. The normalized spacial score (nSPS) is 17.4. The van der Waals surface area contributed by atoms with Crippen molar-refractivity contribution < 1.29 is 9.18 Å².